The van der Waals surface area contributed by atoms with E-state index in [1.165, 1.54) is 0 Å². The Morgan fingerprint density at radius 2 is 1.12 bits per heavy atom. The van der Waals surface area contributed by atoms with Crippen LogP contribution in [-0.2, 0) is 19.2 Å². The van der Waals surface area contributed by atoms with Gasteiger partial charge in [0.25, 0.3) is 0 Å². The number of hydrogen-bond acceptors (Lipinski definition) is 7. The van der Waals surface area contributed by atoms with Crippen LogP contribution in [0.5, 0.6) is 0 Å². The number of rotatable bonds is 10. The van der Waals surface area contributed by atoms with Crippen molar-refractivity contribution in [3.05, 3.63) is 0 Å². The first kappa shape index (κ1) is 24.7. The van der Waals surface area contributed by atoms with Crippen LogP contribution < -0.4 is 11.5 Å². The maximum Gasteiger partial charge on any atom is 0.304 e. The fourth-order valence-electron chi connectivity index (χ4n) is 2.32. The van der Waals surface area contributed by atoms with Gasteiger partial charge in [-0.25, -0.2) is 0 Å². The molecule has 11 heteroatoms. The van der Waals surface area contributed by atoms with Crippen LogP contribution in [0.4, 0.5) is 0 Å². The van der Waals surface area contributed by atoms with E-state index >= 15 is 0 Å². The number of carboxylic acid groups (broad SMARTS) is 2. The predicted octanol–water partition coefficient (Wildman–Crippen LogP) is 1.45. The molecule has 0 spiro atoms. The summed E-state index contributed by atoms with van der Waals surface area (Å²) < 4.78 is -1.48. The van der Waals surface area contributed by atoms with E-state index < -0.39 is 57.9 Å². The lowest BCUT2D eigenvalue weighted by Gasteiger charge is -2.34. The zero-order chi connectivity index (χ0) is 20.9. The van der Waals surface area contributed by atoms with Gasteiger partial charge in [-0.2, -0.15) is 0 Å². The Bertz CT molecular complexity index is 556. The normalized spacial score (nSPS) is 14.3. The van der Waals surface area contributed by atoms with Crippen molar-refractivity contribution in [1.82, 2.24) is 0 Å². The number of carboxylic acids is 2. The smallest absolute Gasteiger partial charge is 0.304 e. The molecular formula is C15H24N2O6S3. The number of thioether (sulfide) groups is 2. The maximum atomic E-state index is 11.6. The molecule has 0 aromatic rings. The van der Waals surface area contributed by atoms with Crippen molar-refractivity contribution in [3.8, 4) is 0 Å². The van der Waals surface area contributed by atoms with E-state index in [0.29, 0.717) is 3.53 Å². The van der Waals surface area contributed by atoms with E-state index in [1.54, 1.807) is 27.7 Å². The third-order valence-electron chi connectivity index (χ3n) is 3.82. The number of thiocarbonyl (C=S) groups is 1. The van der Waals surface area contributed by atoms with Crippen molar-refractivity contribution in [1.29, 1.82) is 0 Å². The van der Waals surface area contributed by atoms with Crippen LogP contribution in [0.25, 0.3) is 0 Å². The van der Waals surface area contributed by atoms with Gasteiger partial charge in [-0.1, -0.05) is 12.2 Å². The summed E-state index contributed by atoms with van der Waals surface area (Å²) in [6.07, 6.45) is -0.871. The molecule has 0 rings (SSSR count). The van der Waals surface area contributed by atoms with Gasteiger partial charge >= 0.3 is 11.9 Å². The molecule has 0 bridgehead atoms. The highest BCUT2D eigenvalue weighted by molar-refractivity contribution is 8.48. The molecule has 2 atom stereocenters. The Kier molecular flexibility index (Phi) is 9.07. The molecule has 0 heterocycles. The van der Waals surface area contributed by atoms with E-state index in [0.717, 1.165) is 23.5 Å². The van der Waals surface area contributed by atoms with Gasteiger partial charge in [-0.3, -0.25) is 19.2 Å². The third-order valence-corrected chi connectivity index (χ3v) is 6.77. The Hall–Kier alpha value is -1.33. The zero-order valence-corrected chi connectivity index (χ0v) is 17.4. The standard InChI is InChI=1S/C15H24N2O6S3/c1-14(2,7(11(16)22)5-9(18)19)25-13(24)26-15(3,4)8(12(17)23)6-10(20)21/h7-8H,5-6H2,1-4H3,(H2,16,22)(H2,17,23)(H,18,19)(H,20,21). The number of amides is 2. The summed E-state index contributed by atoms with van der Waals surface area (Å²) in [5.41, 5.74) is 10.6. The number of carbonyl (C=O) groups excluding carboxylic acids is 2. The van der Waals surface area contributed by atoms with Crippen molar-refractivity contribution >= 4 is 63.0 Å². The van der Waals surface area contributed by atoms with Gasteiger partial charge in [0.2, 0.25) is 11.8 Å². The molecule has 8 nitrogen and oxygen atoms in total. The molecule has 2 amide bonds. The van der Waals surface area contributed by atoms with Gasteiger partial charge in [-0.15, -0.1) is 23.5 Å². The molecule has 0 aromatic heterocycles. The SMILES string of the molecule is CC(C)(SC(=S)SC(C)(C)C(CC(=O)O)C(N)=O)C(CC(=O)O)C(N)=O. The van der Waals surface area contributed by atoms with Crippen LogP contribution in [0.1, 0.15) is 40.5 Å². The number of carbonyl (C=O) groups is 4. The first-order valence-corrected chi connectivity index (χ1v) is 9.58. The van der Waals surface area contributed by atoms with Crippen molar-refractivity contribution in [2.45, 2.75) is 50.0 Å². The van der Waals surface area contributed by atoms with Gasteiger partial charge < -0.3 is 21.7 Å². The molecular weight excluding hydrogens is 400 g/mol. The molecule has 0 aliphatic carbocycles. The second kappa shape index (κ2) is 9.56. The summed E-state index contributed by atoms with van der Waals surface area (Å²) in [6, 6.07) is 0. The molecule has 26 heavy (non-hydrogen) atoms. The fourth-order valence-corrected chi connectivity index (χ4v) is 6.61. The molecule has 0 aliphatic rings. The maximum absolute atomic E-state index is 11.6. The second-order valence-corrected chi connectivity index (χ2v) is 11.3. The van der Waals surface area contributed by atoms with Gasteiger partial charge in [0, 0.05) is 9.49 Å². The summed E-state index contributed by atoms with van der Waals surface area (Å²) in [4.78, 5) is 45.2. The van der Waals surface area contributed by atoms with E-state index in [4.69, 9.17) is 33.9 Å². The van der Waals surface area contributed by atoms with Gasteiger partial charge in [0.1, 0.15) is 3.53 Å². The van der Waals surface area contributed by atoms with Crippen molar-refractivity contribution in [2.24, 2.45) is 23.3 Å². The largest absolute Gasteiger partial charge is 0.481 e. The summed E-state index contributed by atoms with van der Waals surface area (Å²) in [5, 5.41) is 17.9. The molecule has 0 saturated carbocycles. The minimum Gasteiger partial charge on any atom is -0.481 e. The number of nitrogens with two attached hydrogens (primary N) is 2. The predicted molar refractivity (Wildman–Crippen MR) is 106 cm³/mol. The van der Waals surface area contributed by atoms with Crippen LogP contribution in [0.3, 0.4) is 0 Å². The van der Waals surface area contributed by atoms with Crippen molar-refractivity contribution in [2.75, 3.05) is 0 Å². The average Bonchev–Trinajstić information content (AvgIpc) is 2.39. The van der Waals surface area contributed by atoms with Gasteiger partial charge in [-0.05, 0) is 27.7 Å². The number of primary amides is 2. The molecule has 6 N–H and O–H groups in total. The average molecular weight is 425 g/mol. The van der Waals surface area contributed by atoms with E-state index in [9.17, 15) is 19.2 Å². The highest BCUT2D eigenvalue weighted by Crippen LogP contribution is 2.44. The lowest BCUT2D eigenvalue weighted by atomic mass is 9.91. The molecule has 0 aromatic carbocycles. The van der Waals surface area contributed by atoms with Crippen LogP contribution in [0.2, 0.25) is 0 Å². The Morgan fingerprint density at radius 1 is 0.846 bits per heavy atom. The molecule has 0 saturated heterocycles. The Morgan fingerprint density at radius 3 is 1.31 bits per heavy atom. The quantitative estimate of drug-likeness (QED) is 0.380. The molecule has 0 fully saturated rings. The number of aliphatic carboxylic acids is 2. The Balaban J connectivity index is 5.29. The fraction of sp³-hybridized carbons (Fsp3) is 0.667. The van der Waals surface area contributed by atoms with Crippen LogP contribution in [0.15, 0.2) is 0 Å². The first-order chi connectivity index (χ1) is 11.6. The summed E-state index contributed by atoms with van der Waals surface area (Å²) in [6.45, 7) is 6.61. The van der Waals surface area contributed by atoms with Crippen molar-refractivity contribution in [3.63, 3.8) is 0 Å². The molecule has 2 unspecified atom stereocenters. The van der Waals surface area contributed by atoms with Crippen LogP contribution in [-0.4, -0.2) is 47.0 Å². The molecule has 0 aliphatic heterocycles. The highest BCUT2D eigenvalue weighted by atomic mass is 32.2. The van der Waals surface area contributed by atoms with Crippen molar-refractivity contribution < 1.29 is 29.4 Å². The summed E-state index contributed by atoms with van der Waals surface area (Å²) in [5.74, 6) is -5.74. The van der Waals surface area contributed by atoms with Crippen LogP contribution >= 0.6 is 35.7 Å². The van der Waals surface area contributed by atoms with E-state index in [-0.39, 0.29) is 0 Å². The molecule has 0 radical (unpaired) electrons. The summed E-state index contributed by atoms with van der Waals surface area (Å²) in [7, 11) is 0. The number of hydrogen-bond donors (Lipinski definition) is 4. The monoisotopic (exact) mass is 424 g/mol. The first-order valence-electron chi connectivity index (χ1n) is 7.54. The van der Waals surface area contributed by atoms with Gasteiger partial charge in [0.15, 0.2) is 0 Å². The van der Waals surface area contributed by atoms with E-state index in [2.05, 4.69) is 0 Å². The van der Waals surface area contributed by atoms with E-state index in [1.807, 2.05) is 0 Å². The summed E-state index contributed by atoms with van der Waals surface area (Å²) >= 11 is 7.49. The third kappa shape index (κ3) is 7.92. The second-order valence-electron chi connectivity index (χ2n) is 6.77. The minimum atomic E-state index is -1.16. The lowest BCUT2D eigenvalue weighted by molar-refractivity contribution is -0.141. The highest BCUT2D eigenvalue weighted by Gasteiger charge is 2.41. The van der Waals surface area contributed by atoms with Gasteiger partial charge in [0.05, 0.1) is 24.7 Å². The Labute approximate surface area is 165 Å². The topological polar surface area (TPSA) is 161 Å². The van der Waals surface area contributed by atoms with Crippen LogP contribution in [0, 0.1) is 11.8 Å². The molecule has 148 valence electrons. The lowest BCUT2D eigenvalue weighted by Crippen LogP contribution is -2.42. The zero-order valence-electron chi connectivity index (χ0n) is 15.0. The minimum absolute atomic E-state index is 0.327.